The van der Waals surface area contributed by atoms with E-state index in [1.807, 2.05) is 0 Å². The molecule has 0 amide bonds. The third-order valence-electron chi connectivity index (χ3n) is 2.89. The van der Waals surface area contributed by atoms with Gasteiger partial charge in [-0.05, 0) is 30.3 Å². The van der Waals surface area contributed by atoms with E-state index in [1.165, 1.54) is 19.2 Å². The molecule has 0 aliphatic rings. The molecule has 0 unspecified atom stereocenters. The molecule has 0 saturated heterocycles. The summed E-state index contributed by atoms with van der Waals surface area (Å²) in [5.41, 5.74) is 0.878. The highest BCUT2D eigenvalue weighted by atomic mass is 35.5. The lowest BCUT2D eigenvalue weighted by Gasteiger charge is -2.11. The smallest absolute Gasteiger partial charge is 0.296 e. The molecule has 110 valence electrons. The van der Waals surface area contributed by atoms with Gasteiger partial charge in [0, 0.05) is 17.1 Å². The fourth-order valence-corrected chi connectivity index (χ4v) is 2.09. The van der Waals surface area contributed by atoms with Gasteiger partial charge in [0.15, 0.2) is 0 Å². The summed E-state index contributed by atoms with van der Waals surface area (Å²) in [5.74, 6) is 0.473. The van der Waals surface area contributed by atoms with Crippen LogP contribution in [-0.2, 0) is 6.54 Å². The molecular weight excluding hydrogens is 296 g/mol. The number of nitrogens with zero attached hydrogens (tertiary/aromatic N) is 1. The van der Waals surface area contributed by atoms with E-state index in [-0.39, 0.29) is 11.4 Å². The molecule has 2 N–H and O–H groups in total. The molecule has 0 aromatic heterocycles. The number of ether oxygens (including phenoxy) is 1. The van der Waals surface area contributed by atoms with E-state index in [4.69, 9.17) is 16.3 Å². The van der Waals surface area contributed by atoms with Crippen LogP contribution < -0.4 is 10.1 Å². The molecule has 0 aliphatic heterocycles. The zero-order valence-electron chi connectivity index (χ0n) is 11.2. The van der Waals surface area contributed by atoms with Crippen molar-refractivity contribution in [2.24, 2.45) is 0 Å². The third kappa shape index (κ3) is 3.55. The largest absolute Gasteiger partial charge is 0.508 e. The van der Waals surface area contributed by atoms with E-state index in [2.05, 4.69) is 5.32 Å². The Bertz CT molecular complexity index is 676. The number of hydrogen-bond donors (Lipinski definition) is 2. The van der Waals surface area contributed by atoms with Gasteiger partial charge in [0.1, 0.15) is 17.2 Å². The number of anilines is 1. The zero-order chi connectivity index (χ0) is 15.4. The molecule has 0 saturated carbocycles. The lowest BCUT2D eigenvalue weighted by molar-refractivity contribution is -0.384. The summed E-state index contributed by atoms with van der Waals surface area (Å²) < 4.78 is 5.21. The fraction of sp³-hybridized carbons (Fsp3) is 0.143. The Kier molecular flexibility index (Phi) is 4.49. The van der Waals surface area contributed by atoms with Crippen molar-refractivity contribution in [1.29, 1.82) is 0 Å². The van der Waals surface area contributed by atoms with Gasteiger partial charge in [-0.1, -0.05) is 11.6 Å². The lowest BCUT2D eigenvalue weighted by atomic mass is 10.2. The summed E-state index contributed by atoms with van der Waals surface area (Å²) in [6, 6.07) is 9.07. The van der Waals surface area contributed by atoms with Crippen LogP contribution in [0.25, 0.3) is 0 Å². The average Bonchev–Trinajstić information content (AvgIpc) is 2.46. The molecule has 0 radical (unpaired) electrons. The first-order valence-corrected chi connectivity index (χ1v) is 6.42. The van der Waals surface area contributed by atoms with Crippen molar-refractivity contribution in [3.05, 3.63) is 57.1 Å². The van der Waals surface area contributed by atoms with Crippen LogP contribution in [-0.4, -0.2) is 17.1 Å². The van der Waals surface area contributed by atoms with Crippen molar-refractivity contribution in [1.82, 2.24) is 0 Å². The monoisotopic (exact) mass is 308 g/mol. The van der Waals surface area contributed by atoms with Gasteiger partial charge in [-0.3, -0.25) is 10.1 Å². The second-order valence-electron chi connectivity index (χ2n) is 4.27. The van der Waals surface area contributed by atoms with Crippen molar-refractivity contribution in [2.75, 3.05) is 12.4 Å². The van der Waals surface area contributed by atoms with E-state index in [0.717, 1.165) is 11.6 Å². The maximum atomic E-state index is 11.0. The predicted octanol–water partition coefficient (Wildman–Crippen LogP) is 3.57. The number of nitro groups is 1. The Balaban J connectivity index is 2.24. The van der Waals surface area contributed by atoms with Crippen LogP contribution in [0.15, 0.2) is 36.4 Å². The zero-order valence-corrected chi connectivity index (χ0v) is 11.9. The van der Waals surface area contributed by atoms with Gasteiger partial charge in [-0.25, -0.2) is 0 Å². The van der Waals surface area contributed by atoms with Gasteiger partial charge in [-0.15, -0.1) is 0 Å². The van der Waals surface area contributed by atoms with E-state index < -0.39 is 4.92 Å². The Morgan fingerprint density at radius 2 is 2.10 bits per heavy atom. The number of methoxy groups -OCH3 is 1. The van der Waals surface area contributed by atoms with Gasteiger partial charge in [0.25, 0.3) is 5.69 Å². The van der Waals surface area contributed by atoms with Crippen LogP contribution in [0.3, 0.4) is 0 Å². The van der Waals surface area contributed by atoms with Crippen molar-refractivity contribution < 1.29 is 14.8 Å². The summed E-state index contributed by atoms with van der Waals surface area (Å²) in [6.07, 6.45) is 0. The van der Waals surface area contributed by atoms with Gasteiger partial charge >= 0.3 is 0 Å². The van der Waals surface area contributed by atoms with E-state index in [1.54, 1.807) is 18.2 Å². The normalized spacial score (nSPS) is 10.2. The molecule has 0 spiro atoms. The maximum absolute atomic E-state index is 11.0. The second-order valence-corrected chi connectivity index (χ2v) is 4.70. The summed E-state index contributed by atoms with van der Waals surface area (Å²) >= 11 is 5.93. The topological polar surface area (TPSA) is 84.6 Å². The number of hydrogen-bond acceptors (Lipinski definition) is 5. The van der Waals surface area contributed by atoms with Crippen LogP contribution >= 0.6 is 11.6 Å². The minimum Gasteiger partial charge on any atom is -0.508 e. The molecule has 6 nitrogen and oxygen atoms in total. The Labute approximate surface area is 126 Å². The number of rotatable bonds is 5. The highest BCUT2D eigenvalue weighted by Crippen LogP contribution is 2.30. The average molecular weight is 309 g/mol. The van der Waals surface area contributed by atoms with E-state index in [0.29, 0.717) is 23.0 Å². The van der Waals surface area contributed by atoms with Crippen LogP contribution in [0.2, 0.25) is 5.02 Å². The molecule has 0 heterocycles. The third-order valence-corrected chi connectivity index (χ3v) is 3.12. The maximum Gasteiger partial charge on any atom is 0.296 e. The predicted molar refractivity (Wildman–Crippen MR) is 80.1 cm³/mol. The highest BCUT2D eigenvalue weighted by molar-refractivity contribution is 6.30. The van der Waals surface area contributed by atoms with E-state index >= 15 is 0 Å². The number of aromatic hydroxyl groups is 1. The summed E-state index contributed by atoms with van der Waals surface area (Å²) in [6.45, 7) is 0.301. The molecule has 0 atom stereocenters. The Morgan fingerprint density at radius 3 is 2.76 bits per heavy atom. The quantitative estimate of drug-likeness (QED) is 0.501. The molecule has 0 aliphatic carbocycles. The second kappa shape index (κ2) is 6.32. The minimum absolute atomic E-state index is 0.160. The van der Waals surface area contributed by atoms with Crippen molar-refractivity contribution >= 4 is 23.0 Å². The van der Waals surface area contributed by atoms with E-state index in [9.17, 15) is 15.2 Å². The molecule has 0 bridgehead atoms. The van der Waals surface area contributed by atoms with Gasteiger partial charge < -0.3 is 15.2 Å². The van der Waals surface area contributed by atoms with Crippen molar-refractivity contribution in [3.8, 4) is 11.5 Å². The first-order chi connectivity index (χ1) is 10.0. The van der Waals surface area contributed by atoms with Gasteiger partial charge in [0.2, 0.25) is 0 Å². The van der Waals surface area contributed by atoms with Crippen LogP contribution in [0.5, 0.6) is 11.5 Å². The number of nitrogens with one attached hydrogen (secondary N) is 1. The molecule has 2 rings (SSSR count). The molecule has 21 heavy (non-hydrogen) atoms. The number of nitro benzene ring substituents is 1. The SMILES string of the molecule is COc1ccc(Cl)cc1CNc1ccc(O)cc1[N+](=O)[O-]. The molecule has 7 heteroatoms. The van der Waals surface area contributed by atoms with Crippen LogP contribution in [0, 0.1) is 10.1 Å². The summed E-state index contributed by atoms with van der Waals surface area (Å²) in [4.78, 5) is 10.4. The Hall–Kier alpha value is -2.47. The van der Waals surface area contributed by atoms with Gasteiger partial charge in [-0.2, -0.15) is 0 Å². The molecule has 0 fully saturated rings. The van der Waals surface area contributed by atoms with Crippen LogP contribution in [0.4, 0.5) is 11.4 Å². The highest BCUT2D eigenvalue weighted by Gasteiger charge is 2.15. The van der Waals surface area contributed by atoms with Crippen molar-refractivity contribution in [2.45, 2.75) is 6.54 Å². The molecule has 2 aromatic carbocycles. The number of phenols is 1. The summed E-state index contributed by atoms with van der Waals surface area (Å²) in [5, 5.41) is 23.8. The fourth-order valence-electron chi connectivity index (χ4n) is 1.90. The number of halogens is 1. The standard InChI is InChI=1S/C14H13ClN2O4/c1-21-14-5-2-10(15)6-9(14)8-16-12-4-3-11(18)7-13(12)17(19)20/h2-7,16,18H,8H2,1H3. The summed E-state index contributed by atoms with van der Waals surface area (Å²) in [7, 11) is 1.54. The van der Waals surface area contributed by atoms with Gasteiger partial charge in [0.05, 0.1) is 18.1 Å². The lowest BCUT2D eigenvalue weighted by Crippen LogP contribution is -2.04. The van der Waals surface area contributed by atoms with Crippen LogP contribution in [0.1, 0.15) is 5.56 Å². The molecule has 2 aromatic rings. The number of phenolic OH excluding ortho intramolecular Hbond substituents is 1. The minimum atomic E-state index is -0.558. The number of benzene rings is 2. The Morgan fingerprint density at radius 1 is 1.33 bits per heavy atom. The first-order valence-electron chi connectivity index (χ1n) is 6.05. The molecular formula is C14H13ClN2O4. The first kappa shape index (κ1) is 14.9. The van der Waals surface area contributed by atoms with Crippen molar-refractivity contribution in [3.63, 3.8) is 0 Å².